The average Bonchev–Trinajstić information content (AvgIpc) is 3.18. The van der Waals surface area contributed by atoms with Crippen LogP contribution in [-0.4, -0.2) is 26.0 Å². The van der Waals surface area contributed by atoms with Crippen molar-refractivity contribution in [1.82, 2.24) is 14.3 Å². The van der Waals surface area contributed by atoms with Crippen molar-refractivity contribution in [2.45, 2.75) is 20.4 Å². The van der Waals surface area contributed by atoms with Crippen LogP contribution >= 0.6 is 0 Å². The normalized spacial score (nSPS) is 10.8. The van der Waals surface area contributed by atoms with Gasteiger partial charge in [0.2, 0.25) is 5.78 Å². The zero-order valence-electron chi connectivity index (χ0n) is 13.7. The molecule has 0 unspecified atom stereocenters. The predicted octanol–water partition coefficient (Wildman–Crippen LogP) is 1.23. The number of furan rings is 1. The van der Waals surface area contributed by atoms with Gasteiger partial charge < -0.3 is 10.2 Å². The fourth-order valence-electron chi connectivity index (χ4n) is 2.45. The molecule has 3 aromatic rings. The lowest BCUT2D eigenvalue weighted by Gasteiger charge is -2.12. The van der Waals surface area contributed by atoms with Crippen LogP contribution in [0.2, 0.25) is 0 Å². The number of benzene rings is 1. The number of hydrogen-bond acceptors (Lipinski definition) is 5. The van der Waals surface area contributed by atoms with Crippen molar-refractivity contribution in [2.75, 3.05) is 0 Å². The summed E-state index contributed by atoms with van der Waals surface area (Å²) in [6.07, 6.45) is 2.48. The van der Waals surface area contributed by atoms with Crippen LogP contribution in [0.4, 0.5) is 0 Å². The first-order chi connectivity index (χ1) is 11.9. The summed E-state index contributed by atoms with van der Waals surface area (Å²) in [5.41, 5.74) is 7.36. The van der Waals surface area contributed by atoms with Crippen molar-refractivity contribution < 1.29 is 14.0 Å². The van der Waals surface area contributed by atoms with Crippen LogP contribution in [-0.2, 0) is 6.54 Å². The molecule has 128 valence electrons. The maximum atomic E-state index is 12.4. The summed E-state index contributed by atoms with van der Waals surface area (Å²) >= 11 is 0. The van der Waals surface area contributed by atoms with Gasteiger partial charge in [-0.3, -0.25) is 9.59 Å². The number of nitrogens with two attached hydrogens (primary N) is 1. The molecule has 0 bridgehead atoms. The van der Waals surface area contributed by atoms with E-state index in [2.05, 4.69) is 4.98 Å². The molecule has 0 aliphatic carbocycles. The summed E-state index contributed by atoms with van der Waals surface area (Å²) < 4.78 is 7.80. The molecule has 8 heteroatoms. The largest absolute Gasteiger partial charge is 0.460 e. The standard InChI is InChI=1S/C17H16N4O4/c1-10-3-4-11(2)13(5-10)21-9-19-17(24)20(21)7-14(22)15-6-12(8-25-15)16(18)23/h3-6,8-9H,7H2,1-2H3,(H2,18,23). The van der Waals surface area contributed by atoms with Gasteiger partial charge in [0.25, 0.3) is 5.91 Å². The number of nitrogens with zero attached hydrogens (tertiary/aromatic N) is 3. The maximum Gasteiger partial charge on any atom is 0.364 e. The molecule has 0 fully saturated rings. The molecule has 0 atom stereocenters. The first-order valence-corrected chi connectivity index (χ1v) is 7.50. The zero-order valence-corrected chi connectivity index (χ0v) is 13.7. The molecular weight excluding hydrogens is 324 g/mol. The first kappa shape index (κ1) is 16.4. The molecule has 25 heavy (non-hydrogen) atoms. The number of carbonyl (C=O) groups is 2. The van der Waals surface area contributed by atoms with Crippen molar-refractivity contribution in [3.8, 4) is 5.69 Å². The second kappa shape index (κ2) is 6.23. The van der Waals surface area contributed by atoms with Gasteiger partial charge in [0.15, 0.2) is 5.76 Å². The Labute approximate surface area is 142 Å². The van der Waals surface area contributed by atoms with E-state index in [0.29, 0.717) is 0 Å². The van der Waals surface area contributed by atoms with Gasteiger partial charge in [0.1, 0.15) is 19.1 Å². The van der Waals surface area contributed by atoms with Crippen molar-refractivity contribution in [2.24, 2.45) is 5.73 Å². The Balaban J connectivity index is 1.97. The Morgan fingerprint density at radius 1 is 1.24 bits per heavy atom. The van der Waals surface area contributed by atoms with Crippen LogP contribution in [0, 0.1) is 13.8 Å². The average molecular weight is 340 g/mol. The topological polar surface area (TPSA) is 113 Å². The smallest absolute Gasteiger partial charge is 0.364 e. The molecule has 2 heterocycles. The van der Waals surface area contributed by atoms with Gasteiger partial charge in [0, 0.05) is 6.07 Å². The van der Waals surface area contributed by atoms with Crippen molar-refractivity contribution in [3.63, 3.8) is 0 Å². The van der Waals surface area contributed by atoms with Gasteiger partial charge in [-0.25, -0.2) is 14.2 Å². The molecule has 2 aromatic heterocycles. The minimum Gasteiger partial charge on any atom is -0.460 e. The molecule has 0 spiro atoms. The van der Waals surface area contributed by atoms with Gasteiger partial charge in [-0.1, -0.05) is 12.1 Å². The number of amides is 1. The van der Waals surface area contributed by atoms with E-state index >= 15 is 0 Å². The number of ketones is 1. The van der Waals surface area contributed by atoms with E-state index in [1.165, 1.54) is 21.8 Å². The number of aromatic nitrogens is 3. The Morgan fingerprint density at radius 2 is 2.00 bits per heavy atom. The number of rotatable bonds is 5. The zero-order chi connectivity index (χ0) is 18.1. The summed E-state index contributed by atoms with van der Waals surface area (Å²) in [7, 11) is 0. The number of primary amides is 1. The predicted molar refractivity (Wildman–Crippen MR) is 88.9 cm³/mol. The monoisotopic (exact) mass is 340 g/mol. The molecule has 0 radical (unpaired) electrons. The summed E-state index contributed by atoms with van der Waals surface area (Å²) in [6, 6.07) is 7.04. The molecule has 1 aromatic carbocycles. The van der Waals surface area contributed by atoms with Crippen LogP contribution in [0.1, 0.15) is 32.0 Å². The maximum absolute atomic E-state index is 12.4. The highest BCUT2D eigenvalue weighted by Crippen LogP contribution is 2.15. The van der Waals surface area contributed by atoms with Crippen molar-refractivity contribution in [1.29, 1.82) is 0 Å². The SMILES string of the molecule is Cc1ccc(C)c(-n2cnc(=O)n2CC(=O)c2cc(C(N)=O)co2)c1. The van der Waals surface area contributed by atoms with E-state index < -0.39 is 17.4 Å². The fourth-order valence-corrected chi connectivity index (χ4v) is 2.45. The highest BCUT2D eigenvalue weighted by Gasteiger charge is 2.18. The Hall–Kier alpha value is -3.42. The third-order valence-electron chi connectivity index (χ3n) is 3.82. The molecule has 2 N–H and O–H groups in total. The Kier molecular flexibility index (Phi) is 4.10. The molecule has 0 saturated carbocycles. The quantitative estimate of drug-likeness (QED) is 0.702. The summed E-state index contributed by atoms with van der Waals surface area (Å²) in [5, 5.41) is 0. The van der Waals surface area contributed by atoms with Crippen LogP contribution in [0.15, 0.2) is 46.1 Å². The molecule has 3 rings (SSSR count). The number of hydrogen-bond donors (Lipinski definition) is 1. The van der Waals surface area contributed by atoms with E-state index in [9.17, 15) is 14.4 Å². The molecule has 0 aliphatic rings. The number of carbonyl (C=O) groups excluding carboxylic acids is 2. The Bertz CT molecular complexity index is 1030. The van der Waals surface area contributed by atoms with Crippen LogP contribution in [0.5, 0.6) is 0 Å². The molecule has 8 nitrogen and oxygen atoms in total. The Morgan fingerprint density at radius 3 is 2.68 bits per heavy atom. The number of Topliss-reactive ketones (excluding diaryl/α,β-unsaturated/α-hetero) is 1. The van der Waals surface area contributed by atoms with Crippen LogP contribution in [0.25, 0.3) is 5.69 Å². The molecular formula is C17H16N4O4. The summed E-state index contributed by atoms with van der Waals surface area (Å²) in [6.45, 7) is 3.55. The van der Waals surface area contributed by atoms with Crippen molar-refractivity contribution in [3.05, 3.63) is 69.8 Å². The van der Waals surface area contributed by atoms with Gasteiger partial charge in [-0.05, 0) is 31.0 Å². The molecule has 1 amide bonds. The second-order valence-corrected chi connectivity index (χ2v) is 5.71. The summed E-state index contributed by atoms with van der Waals surface area (Å²) in [4.78, 5) is 39.3. The highest BCUT2D eigenvalue weighted by atomic mass is 16.3. The lowest BCUT2D eigenvalue weighted by atomic mass is 10.1. The lowest BCUT2D eigenvalue weighted by molar-refractivity contribution is 0.0935. The molecule has 0 aliphatic heterocycles. The van der Waals surface area contributed by atoms with Gasteiger partial charge in [-0.15, -0.1) is 0 Å². The third-order valence-corrected chi connectivity index (χ3v) is 3.82. The second-order valence-electron chi connectivity index (χ2n) is 5.71. The fraction of sp³-hybridized carbons (Fsp3) is 0.176. The van der Waals surface area contributed by atoms with Gasteiger partial charge >= 0.3 is 5.69 Å². The minimum atomic E-state index is -0.694. The van der Waals surface area contributed by atoms with Crippen LogP contribution < -0.4 is 11.4 Å². The summed E-state index contributed by atoms with van der Waals surface area (Å²) in [5.74, 6) is -1.21. The molecule has 0 saturated heterocycles. The number of aryl methyl sites for hydroxylation is 2. The van der Waals surface area contributed by atoms with Gasteiger partial charge in [-0.2, -0.15) is 4.98 Å². The minimum absolute atomic E-state index is 0.0468. The van der Waals surface area contributed by atoms with Crippen molar-refractivity contribution >= 4 is 11.7 Å². The van der Waals surface area contributed by atoms with E-state index in [-0.39, 0.29) is 17.9 Å². The van der Waals surface area contributed by atoms with E-state index in [0.717, 1.165) is 23.1 Å². The highest BCUT2D eigenvalue weighted by molar-refractivity contribution is 5.98. The first-order valence-electron chi connectivity index (χ1n) is 7.50. The van der Waals surface area contributed by atoms with E-state index in [1.807, 2.05) is 32.0 Å². The lowest BCUT2D eigenvalue weighted by Crippen LogP contribution is -2.27. The van der Waals surface area contributed by atoms with E-state index in [1.54, 1.807) is 0 Å². The van der Waals surface area contributed by atoms with Crippen LogP contribution in [0.3, 0.4) is 0 Å². The van der Waals surface area contributed by atoms with Gasteiger partial charge in [0.05, 0.1) is 11.3 Å². The van der Waals surface area contributed by atoms with E-state index in [4.69, 9.17) is 10.2 Å². The third kappa shape index (κ3) is 3.14.